The van der Waals surface area contributed by atoms with Gasteiger partial charge in [0.1, 0.15) is 5.82 Å². The second-order valence-electron chi connectivity index (χ2n) is 13.9. The summed E-state index contributed by atoms with van der Waals surface area (Å²) in [6.07, 6.45) is 0. The molecule has 0 amide bonds. The maximum absolute atomic E-state index is 5.37. The number of aromatic nitrogens is 6. The molecule has 11 aromatic rings. The van der Waals surface area contributed by atoms with Gasteiger partial charge in [0.15, 0.2) is 11.6 Å². The maximum atomic E-state index is 5.37. The Balaban J connectivity index is 1.22. The molecule has 0 spiro atoms. The van der Waals surface area contributed by atoms with Gasteiger partial charge in [-0.25, -0.2) is 9.97 Å². The van der Waals surface area contributed by atoms with Crippen LogP contribution in [0.5, 0.6) is 0 Å². The Morgan fingerprint density at radius 1 is 0.304 bits per heavy atom. The molecule has 0 fully saturated rings. The lowest BCUT2D eigenvalue weighted by Crippen LogP contribution is -2.06. The minimum Gasteiger partial charge on any atom is -0.294 e. The smallest absolute Gasteiger partial charge is 0.238 e. The topological polar surface area (TPSA) is 61.4 Å². The van der Waals surface area contributed by atoms with Gasteiger partial charge < -0.3 is 0 Å². The SMILES string of the molecule is c1ccc(-c2cc(-c3ccccc3)nc(-n3c4ccccc4c4c5c6ccccc6n(-c6nc(-c7ccccc7)nc(-c7ccccc7)n6)c5ccc43)c2)cc1. The van der Waals surface area contributed by atoms with Gasteiger partial charge in [0.05, 0.1) is 27.8 Å². The summed E-state index contributed by atoms with van der Waals surface area (Å²) in [6, 6.07) is 67.3. The zero-order valence-electron chi connectivity index (χ0n) is 30.2. The Hall–Kier alpha value is -7.70. The van der Waals surface area contributed by atoms with E-state index < -0.39 is 0 Å². The Morgan fingerprint density at radius 2 is 0.750 bits per heavy atom. The average molecular weight is 717 g/mol. The van der Waals surface area contributed by atoms with Crippen molar-refractivity contribution in [3.8, 4) is 56.9 Å². The minimum atomic E-state index is 0.566. The Morgan fingerprint density at radius 3 is 1.30 bits per heavy atom. The number of nitrogens with zero attached hydrogens (tertiary/aromatic N) is 6. The maximum Gasteiger partial charge on any atom is 0.238 e. The first kappa shape index (κ1) is 31.8. The van der Waals surface area contributed by atoms with Crippen LogP contribution in [0.4, 0.5) is 0 Å². The summed E-state index contributed by atoms with van der Waals surface area (Å²) in [4.78, 5) is 20.7. The van der Waals surface area contributed by atoms with E-state index in [2.05, 4.69) is 137 Å². The number of para-hydroxylation sites is 2. The van der Waals surface area contributed by atoms with Gasteiger partial charge in [-0.05, 0) is 47.5 Å². The van der Waals surface area contributed by atoms with Crippen LogP contribution in [0.15, 0.2) is 194 Å². The highest BCUT2D eigenvalue weighted by molar-refractivity contribution is 6.28. The number of hydrogen-bond acceptors (Lipinski definition) is 4. The Labute approximate surface area is 322 Å². The molecular weight excluding hydrogens is 685 g/mol. The van der Waals surface area contributed by atoms with Gasteiger partial charge >= 0.3 is 0 Å². The average Bonchev–Trinajstić information content (AvgIpc) is 3.80. The van der Waals surface area contributed by atoms with E-state index in [9.17, 15) is 0 Å². The molecule has 0 atom stereocenters. The normalized spacial score (nSPS) is 11.6. The number of fused-ring (bicyclic) bond motifs is 7. The fourth-order valence-electron chi connectivity index (χ4n) is 8.06. The van der Waals surface area contributed by atoms with E-state index >= 15 is 0 Å². The number of pyridine rings is 1. The molecule has 7 aromatic carbocycles. The van der Waals surface area contributed by atoms with Crippen molar-refractivity contribution in [1.82, 2.24) is 29.1 Å². The summed E-state index contributed by atoms with van der Waals surface area (Å²) in [5, 5.41) is 4.56. The molecule has 0 aliphatic heterocycles. The molecule has 6 heteroatoms. The molecule has 11 rings (SSSR count). The highest BCUT2D eigenvalue weighted by atomic mass is 15.2. The van der Waals surface area contributed by atoms with E-state index in [0.29, 0.717) is 17.6 Å². The van der Waals surface area contributed by atoms with Gasteiger partial charge in [-0.2, -0.15) is 9.97 Å². The molecule has 56 heavy (non-hydrogen) atoms. The van der Waals surface area contributed by atoms with Crippen LogP contribution in [0.3, 0.4) is 0 Å². The third-order valence-corrected chi connectivity index (χ3v) is 10.6. The van der Waals surface area contributed by atoms with Gasteiger partial charge in [-0.1, -0.05) is 158 Å². The largest absolute Gasteiger partial charge is 0.294 e. The molecule has 0 radical (unpaired) electrons. The highest BCUT2D eigenvalue weighted by Gasteiger charge is 2.23. The quantitative estimate of drug-likeness (QED) is 0.172. The zero-order chi connectivity index (χ0) is 37.0. The first-order valence-electron chi connectivity index (χ1n) is 18.7. The number of benzene rings is 7. The molecule has 0 saturated carbocycles. The fraction of sp³-hybridized carbons (Fsp3) is 0. The molecule has 0 unspecified atom stereocenters. The van der Waals surface area contributed by atoms with Crippen LogP contribution >= 0.6 is 0 Å². The fourth-order valence-corrected chi connectivity index (χ4v) is 8.06. The van der Waals surface area contributed by atoms with Crippen LogP contribution in [0.2, 0.25) is 0 Å². The lowest BCUT2D eigenvalue weighted by Gasteiger charge is -2.13. The van der Waals surface area contributed by atoms with Gasteiger partial charge in [0.2, 0.25) is 5.95 Å². The molecule has 262 valence electrons. The van der Waals surface area contributed by atoms with Crippen LogP contribution in [-0.4, -0.2) is 29.1 Å². The van der Waals surface area contributed by atoms with Crippen molar-refractivity contribution in [2.75, 3.05) is 0 Å². The van der Waals surface area contributed by atoms with Crippen molar-refractivity contribution in [2.45, 2.75) is 0 Å². The van der Waals surface area contributed by atoms with Crippen molar-refractivity contribution >= 4 is 43.6 Å². The molecule has 0 N–H and O–H groups in total. The predicted octanol–water partition coefficient (Wildman–Crippen LogP) is 12.1. The molecule has 0 aliphatic rings. The predicted molar refractivity (Wildman–Crippen MR) is 228 cm³/mol. The van der Waals surface area contributed by atoms with Gasteiger partial charge in [-0.15, -0.1) is 0 Å². The van der Waals surface area contributed by atoms with E-state index in [4.69, 9.17) is 19.9 Å². The Bertz CT molecular complexity index is 2890. The van der Waals surface area contributed by atoms with Crippen LogP contribution in [0, 0.1) is 0 Å². The molecule has 4 aromatic heterocycles. The van der Waals surface area contributed by atoms with E-state index in [-0.39, 0.29) is 0 Å². The van der Waals surface area contributed by atoms with Crippen molar-refractivity contribution in [1.29, 1.82) is 0 Å². The summed E-state index contributed by atoms with van der Waals surface area (Å²) in [5.74, 6) is 2.67. The van der Waals surface area contributed by atoms with E-state index in [0.717, 1.165) is 82.9 Å². The lowest BCUT2D eigenvalue weighted by atomic mass is 10.0. The second-order valence-corrected chi connectivity index (χ2v) is 13.9. The zero-order valence-corrected chi connectivity index (χ0v) is 30.2. The summed E-state index contributed by atoms with van der Waals surface area (Å²) >= 11 is 0. The first-order valence-corrected chi connectivity index (χ1v) is 18.7. The summed E-state index contributed by atoms with van der Waals surface area (Å²) < 4.78 is 4.51. The molecular formula is C50H32N6. The van der Waals surface area contributed by atoms with Gasteiger partial charge in [0.25, 0.3) is 0 Å². The summed E-state index contributed by atoms with van der Waals surface area (Å²) in [5.41, 5.74) is 10.3. The van der Waals surface area contributed by atoms with Gasteiger partial charge in [0, 0.05) is 38.2 Å². The van der Waals surface area contributed by atoms with Crippen LogP contribution in [-0.2, 0) is 0 Å². The molecule has 0 saturated heterocycles. The third kappa shape index (κ3) is 5.19. The molecule has 6 nitrogen and oxygen atoms in total. The number of rotatable bonds is 6. The van der Waals surface area contributed by atoms with Crippen molar-refractivity contribution in [3.05, 3.63) is 194 Å². The van der Waals surface area contributed by atoms with Crippen molar-refractivity contribution in [3.63, 3.8) is 0 Å². The van der Waals surface area contributed by atoms with Crippen LogP contribution in [0.1, 0.15) is 0 Å². The third-order valence-electron chi connectivity index (χ3n) is 10.6. The van der Waals surface area contributed by atoms with E-state index in [1.165, 1.54) is 0 Å². The van der Waals surface area contributed by atoms with E-state index in [1.807, 2.05) is 66.7 Å². The van der Waals surface area contributed by atoms with Crippen LogP contribution < -0.4 is 0 Å². The summed E-state index contributed by atoms with van der Waals surface area (Å²) in [7, 11) is 0. The molecule has 4 heterocycles. The minimum absolute atomic E-state index is 0.566. The highest BCUT2D eigenvalue weighted by Crippen LogP contribution is 2.42. The Kier molecular flexibility index (Phi) is 7.38. The van der Waals surface area contributed by atoms with Crippen molar-refractivity contribution < 1.29 is 0 Å². The second kappa shape index (κ2) is 13.0. The monoisotopic (exact) mass is 716 g/mol. The van der Waals surface area contributed by atoms with Crippen LogP contribution in [0.25, 0.3) is 101 Å². The molecule has 0 aliphatic carbocycles. The molecule has 0 bridgehead atoms. The lowest BCUT2D eigenvalue weighted by molar-refractivity contribution is 0.953. The summed E-state index contributed by atoms with van der Waals surface area (Å²) in [6.45, 7) is 0. The first-order chi connectivity index (χ1) is 27.8. The van der Waals surface area contributed by atoms with E-state index in [1.54, 1.807) is 0 Å². The van der Waals surface area contributed by atoms with Gasteiger partial charge in [-0.3, -0.25) is 9.13 Å². The van der Waals surface area contributed by atoms with Crippen molar-refractivity contribution in [2.24, 2.45) is 0 Å². The number of hydrogen-bond donors (Lipinski definition) is 0. The standard InChI is InChI=1S/C50H32N6/c1-5-17-33(18-6-1)37-31-40(34-19-7-2-8-20-34)51-45(32-37)55-41-27-15-13-25-38(41)46-43(55)29-30-44-47(46)39-26-14-16-28-42(39)56(44)50-53-48(35-21-9-3-10-22-35)52-49(54-50)36-23-11-4-12-24-36/h1-32H.